The molecule has 0 aromatic heterocycles. The topological polar surface area (TPSA) is 124 Å². The van der Waals surface area contributed by atoms with Crippen molar-refractivity contribution >= 4 is 17.7 Å². The average Bonchev–Trinajstić information content (AvgIpc) is 3.07. The predicted molar refractivity (Wildman–Crippen MR) is 107 cm³/mol. The van der Waals surface area contributed by atoms with Gasteiger partial charge < -0.3 is 20.3 Å². The van der Waals surface area contributed by atoms with Crippen molar-refractivity contribution in [2.24, 2.45) is 23.2 Å². The van der Waals surface area contributed by atoms with Gasteiger partial charge in [0.05, 0.1) is 25.8 Å². The van der Waals surface area contributed by atoms with Gasteiger partial charge >= 0.3 is 6.18 Å². The Morgan fingerprint density at radius 2 is 2.06 bits per heavy atom. The summed E-state index contributed by atoms with van der Waals surface area (Å²) in [5.74, 6) is -1.72. The quantitative estimate of drug-likeness (QED) is 0.478. The maximum atomic E-state index is 13.3. The van der Waals surface area contributed by atoms with Crippen LogP contribution in [0.15, 0.2) is 0 Å². The number of piperidine rings is 1. The Labute approximate surface area is 189 Å². The zero-order chi connectivity index (χ0) is 24.2. The fourth-order valence-corrected chi connectivity index (χ4v) is 5.42. The van der Waals surface area contributed by atoms with Crippen LogP contribution in [0.4, 0.5) is 13.2 Å². The molecule has 1 saturated carbocycles. The Kier molecular flexibility index (Phi) is 5.85. The molecule has 9 nitrogen and oxygen atoms in total. The molecule has 0 unspecified atom stereocenters. The zero-order valence-electron chi connectivity index (χ0n) is 18.5. The van der Waals surface area contributed by atoms with E-state index in [4.69, 9.17) is 4.74 Å². The molecular weight excluding hydrogens is 443 g/mol. The lowest BCUT2D eigenvalue weighted by molar-refractivity contribution is -0.267. The van der Waals surface area contributed by atoms with Crippen LogP contribution in [0.2, 0.25) is 0 Å². The molecule has 5 atom stereocenters. The van der Waals surface area contributed by atoms with Crippen LogP contribution >= 0.6 is 0 Å². The highest BCUT2D eigenvalue weighted by Crippen LogP contribution is 2.64. The van der Waals surface area contributed by atoms with Crippen molar-refractivity contribution in [1.29, 1.82) is 5.26 Å². The highest BCUT2D eigenvalue weighted by atomic mass is 19.4. The van der Waals surface area contributed by atoms with E-state index >= 15 is 0 Å². The number of nitrogens with one attached hydrogen (secondary N) is 3. The molecule has 0 radical (unpaired) electrons. The van der Waals surface area contributed by atoms with E-state index in [0.29, 0.717) is 13.0 Å². The molecule has 0 spiro atoms. The summed E-state index contributed by atoms with van der Waals surface area (Å²) < 4.78 is 44.8. The number of halogens is 3. The SMILES string of the molecule is CC1(C)[C@@H]2[C@@H](C(=O)N[C@H](C#N)C[C@@H]3CCNC3=O)N(C(=O)CNC3(C(F)(F)F)COC3)C[C@@H]21. The lowest BCUT2D eigenvalue weighted by atomic mass is 9.96. The van der Waals surface area contributed by atoms with Crippen molar-refractivity contribution in [3.8, 4) is 6.07 Å². The summed E-state index contributed by atoms with van der Waals surface area (Å²) in [5, 5.41) is 17.1. The minimum absolute atomic E-state index is 0.0574. The summed E-state index contributed by atoms with van der Waals surface area (Å²) in [6.07, 6.45) is -3.82. The third kappa shape index (κ3) is 4.05. The molecule has 1 aliphatic carbocycles. The van der Waals surface area contributed by atoms with Crippen molar-refractivity contribution in [3.63, 3.8) is 0 Å². The molecule has 4 rings (SSSR count). The van der Waals surface area contributed by atoms with E-state index in [1.54, 1.807) is 0 Å². The number of ether oxygens (including phenoxy) is 1. The van der Waals surface area contributed by atoms with Crippen LogP contribution in [0.25, 0.3) is 0 Å². The fraction of sp³-hybridized carbons (Fsp3) is 0.810. The summed E-state index contributed by atoms with van der Waals surface area (Å²) in [7, 11) is 0. The van der Waals surface area contributed by atoms with Gasteiger partial charge in [-0.05, 0) is 30.1 Å². The number of hydrogen-bond acceptors (Lipinski definition) is 6. The van der Waals surface area contributed by atoms with E-state index in [1.165, 1.54) is 4.90 Å². The molecule has 12 heteroatoms. The molecule has 3 saturated heterocycles. The highest BCUT2D eigenvalue weighted by Gasteiger charge is 2.69. The molecule has 4 fully saturated rings. The third-order valence-electron chi connectivity index (χ3n) is 7.77. The van der Waals surface area contributed by atoms with Gasteiger partial charge in [-0.15, -0.1) is 0 Å². The molecule has 182 valence electrons. The van der Waals surface area contributed by atoms with Crippen molar-refractivity contribution in [3.05, 3.63) is 0 Å². The Morgan fingerprint density at radius 1 is 1.36 bits per heavy atom. The number of likely N-dealkylation sites (tertiary alicyclic amines) is 1. The molecule has 33 heavy (non-hydrogen) atoms. The molecule has 0 bridgehead atoms. The maximum absolute atomic E-state index is 13.3. The normalized spacial score (nSPS) is 32.2. The number of carbonyl (C=O) groups is 3. The van der Waals surface area contributed by atoms with E-state index in [2.05, 4.69) is 16.0 Å². The summed E-state index contributed by atoms with van der Waals surface area (Å²) in [5.41, 5.74) is -2.44. The fourth-order valence-electron chi connectivity index (χ4n) is 5.42. The first-order valence-corrected chi connectivity index (χ1v) is 11.1. The minimum Gasteiger partial charge on any atom is -0.377 e. The van der Waals surface area contributed by atoms with Crippen LogP contribution in [0, 0.1) is 34.5 Å². The number of nitriles is 1. The van der Waals surface area contributed by atoms with Crippen molar-refractivity contribution in [2.45, 2.75) is 50.5 Å². The highest BCUT2D eigenvalue weighted by molar-refractivity contribution is 5.90. The Morgan fingerprint density at radius 3 is 2.58 bits per heavy atom. The molecule has 3 heterocycles. The van der Waals surface area contributed by atoms with Gasteiger partial charge in [-0.2, -0.15) is 18.4 Å². The van der Waals surface area contributed by atoms with Gasteiger partial charge in [0.25, 0.3) is 0 Å². The molecule has 3 amide bonds. The number of carbonyl (C=O) groups excluding carboxylic acids is 3. The number of rotatable bonds is 7. The first kappa shape index (κ1) is 23.8. The van der Waals surface area contributed by atoms with Gasteiger partial charge in [0.2, 0.25) is 17.7 Å². The summed E-state index contributed by atoms with van der Waals surface area (Å²) in [4.78, 5) is 39.2. The summed E-state index contributed by atoms with van der Waals surface area (Å²) >= 11 is 0. The summed E-state index contributed by atoms with van der Waals surface area (Å²) in [6, 6.07) is 0.239. The van der Waals surface area contributed by atoms with Crippen molar-refractivity contribution in [2.75, 3.05) is 32.8 Å². The Balaban J connectivity index is 1.42. The standard InChI is InChI=1S/C21H28F3N5O4/c1-19(2)13-8-29(14(30)7-27-20(9-33-10-20)21(22,23)24)16(15(13)19)18(32)28-12(6-25)5-11-3-4-26-17(11)31/h11-13,15-16,27H,3-5,7-10H2,1-2H3,(H,26,31)(H,28,32)/t11-,12-,13-,15-,16-/m0/s1. The smallest absolute Gasteiger partial charge is 0.377 e. The average molecular weight is 471 g/mol. The lowest BCUT2D eigenvalue weighted by Crippen LogP contribution is -2.70. The van der Waals surface area contributed by atoms with E-state index in [1.807, 2.05) is 19.9 Å². The van der Waals surface area contributed by atoms with Gasteiger partial charge in [0.1, 0.15) is 12.1 Å². The van der Waals surface area contributed by atoms with Gasteiger partial charge in [-0.3, -0.25) is 19.7 Å². The molecular formula is C21H28F3N5O4. The first-order valence-electron chi connectivity index (χ1n) is 11.1. The lowest BCUT2D eigenvalue weighted by Gasteiger charge is -2.43. The Hall–Kier alpha value is -2.39. The van der Waals surface area contributed by atoms with Crippen LogP contribution in [-0.2, 0) is 19.1 Å². The molecule has 0 aromatic rings. The van der Waals surface area contributed by atoms with Gasteiger partial charge in [-0.1, -0.05) is 13.8 Å². The van der Waals surface area contributed by atoms with E-state index in [9.17, 15) is 32.8 Å². The number of amides is 3. The van der Waals surface area contributed by atoms with Gasteiger partial charge in [-0.25, -0.2) is 0 Å². The van der Waals surface area contributed by atoms with Crippen LogP contribution in [-0.4, -0.2) is 79.3 Å². The third-order valence-corrected chi connectivity index (χ3v) is 7.77. The predicted octanol–water partition coefficient (Wildman–Crippen LogP) is -0.0751. The Bertz CT molecular complexity index is 882. The van der Waals surface area contributed by atoms with Gasteiger partial charge in [0, 0.05) is 19.0 Å². The molecule has 0 aromatic carbocycles. The second kappa shape index (κ2) is 8.13. The maximum Gasteiger partial charge on any atom is 0.411 e. The first-order chi connectivity index (χ1) is 15.4. The number of fused-ring (bicyclic) bond motifs is 1. The minimum atomic E-state index is -4.57. The van der Waals surface area contributed by atoms with E-state index < -0.39 is 55.4 Å². The van der Waals surface area contributed by atoms with Crippen LogP contribution < -0.4 is 16.0 Å². The van der Waals surface area contributed by atoms with Crippen LogP contribution in [0.5, 0.6) is 0 Å². The summed E-state index contributed by atoms with van der Waals surface area (Å²) in [6.45, 7) is 3.06. The molecule has 3 N–H and O–H groups in total. The van der Waals surface area contributed by atoms with E-state index in [0.717, 1.165) is 0 Å². The largest absolute Gasteiger partial charge is 0.411 e. The number of hydrogen-bond donors (Lipinski definition) is 3. The second-order valence-electron chi connectivity index (χ2n) is 10.1. The van der Waals surface area contributed by atoms with Crippen molar-refractivity contribution in [1.82, 2.24) is 20.9 Å². The molecule has 3 aliphatic heterocycles. The molecule has 4 aliphatic rings. The van der Waals surface area contributed by atoms with Crippen LogP contribution in [0.1, 0.15) is 26.7 Å². The number of alkyl halides is 3. The van der Waals surface area contributed by atoms with Crippen LogP contribution in [0.3, 0.4) is 0 Å². The van der Waals surface area contributed by atoms with Gasteiger partial charge in [0.15, 0.2) is 5.54 Å². The monoisotopic (exact) mass is 471 g/mol. The zero-order valence-corrected chi connectivity index (χ0v) is 18.5. The number of nitrogens with zero attached hydrogens (tertiary/aromatic N) is 2. The van der Waals surface area contributed by atoms with Crippen molar-refractivity contribution < 1.29 is 32.3 Å². The van der Waals surface area contributed by atoms with E-state index in [-0.39, 0.29) is 42.0 Å². The second-order valence-corrected chi connectivity index (χ2v) is 10.1.